The number of hydrogen-bond acceptors (Lipinski definition) is 2. The summed E-state index contributed by atoms with van der Waals surface area (Å²) < 4.78 is 4.86. The van der Waals surface area contributed by atoms with E-state index in [0.717, 1.165) is 0 Å². The first-order valence-electron chi connectivity index (χ1n) is 2.30. The Labute approximate surface area is 47.1 Å². The monoisotopic (exact) mass is 119 g/mol. The van der Waals surface area contributed by atoms with Crippen LogP contribution < -0.4 is 0 Å². The highest BCUT2D eigenvalue weighted by Gasteiger charge is 2.11. The van der Waals surface area contributed by atoms with Gasteiger partial charge in [0.1, 0.15) is 6.10 Å². The number of rotatable bonds is 0. The average Bonchev–Trinajstić information content (AvgIpc) is 1.69. The summed E-state index contributed by atoms with van der Waals surface area (Å²) >= 11 is 1.29. The first-order valence-corrected chi connectivity index (χ1v) is 3.21. The van der Waals surface area contributed by atoms with Crippen LogP contribution >= 0.6 is 12.0 Å². The van der Waals surface area contributed by atoms with Crippen molar-refractivity contribution < 1.29 is 9.29 Å². The van der Waals surface area contributed by atoms with Crippen LogP contribution in [0.25, 0.3) is 0 Å². The molecule has 1 heterocycles. The normalized spacial score (nSPS) is 33.0. The summed E-state index contributed by atoms with van der Waals surface area (Å²) in [6.45, 7) is 0.638. The van der Waals surface area contributed by atoms with Crippen LogP contribution in [0.1, 0.15) is 6.42 Å². The van der Waals surface area contributed by atoms with Crippen molar-refractivity contribution in [3.8, 4) is 0 Å². The highest BCUT2D eigenvalue weighted by atomic mass is 32.2. The van der Waals surface area contributed by atoms with E-state index in [0.29, 0.717) is 18.8 Å². The Bertz CT molecular complexity index is 51.7. The van der Waals surface area contributed by atoms with Gasteiger partial charge in [0.05, 0.1) is 6.61 Å². The lowest BCUT2D eigenvalue weighted by molar-refractivity contribution is 0.0788. The van der Waals surface area contributed by atoms with E-state index in [1.165, 1.54) is 12.0 Å². The molecule has 0 aromatic rings. The molecule has 0 aromatic heterocycles. The Morgan fingerprint density at radius 1 is 1.71 bits per heavy atom. The third kappa shape index (κ3) is 1.67. The minimum atomic E-state index is -0.376. The van der Waals surface area contributed by atoms with Gasteiger partial charge in [-0.05, 0) is 12.0 Å². The molecule has 1 radical (unpaired) electrons. The van der Waals surface area contributed by atoms with E-state index in [-0.39, 0.29) is 6.10 Å². The molecule has 1 fully saturated rings. The van der Waals surface area contributed by atoms with Crippen LogP contribution in [0.4, 0.5) is 0 Å². The molecule has 3 heteroatoms. The molecule has 1 atom stereocenters. The van der Waals surface area contributed by atoms with Crippen LogP contribution in [0.3, 0.4) is 0 Å². The van der Waals surface area contributed by atoms with Gasteiger partial charge in [0, 0.05) is 12.2 Å². The quantitative estimate of drug-likeness (QED) is 0.442. The van der Waals surface area contributed by atoms with Crippen molar-refractivity contribution >= 4 is 12.0 Å². The van der Waals surface area contributed by atoms with Crippen molar-refractivity contribution in [3.63, 3.8) is 0 Å². The molecular weight excluding hydrogens is 112 g/mol. The summed E-state index contributed by atoms with van der Waals surface area (Å²) in [4.78, 5) is 0. The highest BCUT2D eigenvalue weighted by Crippen LogP contribution is 2.14. The molecule has 1 saturated heterocycles. The summed E-state index contributed by atoms with van der Waals surface area (Å²) in [6.07, 6.45) is 0.311. The van der Waals surface area contributed by atoms with E-state index >= 15 is 0 Å². The van der Waals surface area contributed by atoms with E-state index in [4.69, 9.17) is 4.18 Å². The lowest BCUT2D eigenvalue weighted by Gasteiger charge is -2.12. The van der Waals surface area contributed by atoms with E-state index in [1.807, 2.05) is 0 Å². The lowest BCUT2D eigenvalue weighted by Crippen LogP contribution is -2.15. The van der Waals surface area contributed by atoms with Gasteiger partial charge in [-0.1, -0.05) is 0 Å². The van der Waals surface area contributed by atoms with Crippen molar-refractivity contribution in [1.82, 2.24) is 0 Å². The summed E-state index contributed by atoms with van der Waals surface area (Å²) in [7, 11) is 0. The minimum Gasteiger partial charge on any atom is -0.315 e. The largest absolute Gasteiger partial charge is 0.315 e. The van der Waals surface area contributed by atoms with Gasteiger partial charge in [-0.25, -0.2) is 5.11 Å². The molecule has 7 heavy (non-hydrogen) atoms. The zero-order chi connectivity index (χ0) is 5.11. The Kier molecular flexibility index (Phi) is 1.97. The molecule has 0 spiro atoms. The third-order valence-corrected chi connectivity index (χ3v) is 1.70. The maximum Gasteiger partial charge on any atom is 0.106 e. The van der Waals surface area contributed by atoms with Crippen molar-refractivity contribution in [3.05, 3.63) is 0 Å². The van der Waals surface area contributed by atoms with Gasteiger partial charge < -0.3 is 4.18 Å². The van der Waals surface area contributed by atoms with Crippen LogP contribution in [-0.2, 0) is 9.29 Å². The molecule has 2 nitrogen and oxygen atoms in total. The second-order valence-corrected chi connectivity index (χ2v) is 2.32. The molecule has 1 aliphatic rings. The van der Waals surface area contributed by atoms with Crippen molar-refractivity contribution in [2.75, 3.05) is 12.4 Å². The van der Waals surface area contributed by atoms with Crippen molar-refractivity contribution in [2.24, 2.45) is 0 Å². The molecule has 1 aliphatic heterocycles. The zero-order valence-electron chi connectivity index (χ0n) is 3.92. The van der Waals surface area contributed by atoms with E-state index in [1.54, 1.807) is 0 Å². The Morgan fingerprint density at radius 2 is 2.57 bits per heavy atom. The second-order valence-electron chi connectivity index (χ2n) is 1.52. The summed E-state index contributed by atoms with van der Waals surface area (Å²) in [6, 6.07) is 0. The molecule has 0 bridgehead atoms. The fourth-order valence-electron chi connectivity index (χ4n) is 0.446. The fraction of sp³-hybridized carbons (Fsp3) is 1.00. The lowest BCUT2D eigenvalue weighted by atomic mass is 10.3. The second kappa shape index (κ2) is 2.55. The molecule has 1 unspecified atom stereocenters. The van der Waals surface area contributed by atoms with Gasteiger partial charge in [-0.2, -0.15) is 0 Å². The maximum absolute atomic E-state index is 10.4. The fourth-order valence-corrected chi connectivity index (χ4v) is 1.07. The minimum absolute atomic E-state index is 0.376. The smallest absolute Gasteiger partial charge is 0.106 e. The van der Waals surface area contributed by atoms with E-state index < -0.39 is 0 Å². The summed E-state index contributed by atoms with van der Waals surface area (Å²) in [5, 5.41) is 10.4. The van der Waals surface area contributed by atoms with Gasteiger partial charge >= 0.3 is 0 Å². The Hall–Kier alpha value is 0.270. The molecule has 1 rings (SSSR count). The van der Waals surface area contributed by atoms with Gasteiger partial charge in [0.25, 0.3) is 0 Å². The third-order valence-electron chi connectivity index (χ3n) is 0.860. The predicted molar refractivity (Wildman–Crippen MR) is 27.5 cm³/mol. The molecule has 41 valence electrons. The van der Waals surface area contributed by atoms with Crippen LogP contribution in [-0.4, -0.2) is 18.5 Å². The standard InChI is InChI=1S/C4H7O2S/c5-4-1-2-6-7-3-4/h4H,1-3H2. The zero-order valence-corrected chi connectivity index (χ0v) is 4.74. The SMILES string of the molecule is [O]C1CCOSC1. The van der Waals surface area contributed by atoms with Gasteiger partial charge in [-0.3, -0.25) is 0 Å². The van der Waals surface area contributed by atoms with E-state index in [2.05, 4.69) is 0 Å². The van der Waals surface area contributed by atoms with E-state index in [9.17, 15) is 5.11 Å². The first kappa shape index (κ1) is 5.41. The topological polar surface area (TPSA) is 29.1 Å². The van der Waals surface area contributed by atoms with Crippen molar-refractivity contribution in [1.29, 1.82) is 0 Å². The molecule has 0 N–H and O–H groups in total. The molecule has 0 amide bonds. The van der Waals surface area contributed by atoms with Crippen molar-refractivity contribution in [2.45, 2.75) is 12.5 Å². The van der Waals surface area contributed by atoms with Gasteiger partial charge in [0.2, 0.25) is 0 Å². The summed E-state index contributed by atoms with van der Waals surface area (Å²) in [5.74, 6) is 0.625. The Morgan fingerprint density at radius 3 is 2.86 bits per heavy atom. The molecular formula is C4H7O2S. The summed E-state index contributed by atoms with van der Waals surface area (Å²) in [5.41, 5.74) is 0. The first-order chi connectivity index (χ1) is 3.39. The predicted octanol–water partition coefficient (Wildman–Crippen LogP) is 0.854. The number of hydrogen-bond donors (Lipinski definition) is 0. The van der Waals surface area contributed by atoms with Crippen LogP contribution in [0.2, 0.25) is 0 Å². The highest BCUT2D eigenvalue weighted by molar-refractivity contribution is 7.94. The molecule has 0 aliphatic carbocycles. The maximum atomic E-state index is 10.4. The van der Waals surface area contributed by atoms with Crippen LogP contribution in [0.5, 0.6) is 0 Å². The molecule has 0 saturated carbocycles. The van der Waals surface area contributed by atoms with Crippen LogP contribution in [0.15, 0.2) is 0 Å². The average molecular weight is 119 g/mol. The molecule has 0 aromatic carbocycles. The van der Waals surface area contributed by atoms with Crippen LogP contribution in [0, 0.1) is 0 Å². The van der Waals surface area contributed by atoms with Gasteiger partial charge in [-0.15, -0.1) is 0 Å². The van der Waals surface area contributed by atoms with Gasteiger partial charge in [0.15, 0.2) is 0 Å². The Balaban J connectivity index is 2.12.